The molecule has 1 N–H and O–H groups in total. The van der Waals surface area contributed by atoms with Crippen molar-refractivity contribution in [2.45, 2.75) is 58.5 Å². The van der Waals surface area contributed by atoms with Crippen LogP contribution in [-0.2, 0) is 6.54 Å². The third-order valence-electron chi connectivity index (χ3n) is 5.33. The van der Waals surface area contributed by atoms with E-state index in [9.17, 15) is 9.59 Å². The molecule has 4 atom stereocenters. The lowest BCUT2D eigenvalue weighted by Gasteiger charge is -2.28. The number of carbonyl (C=O) groups excluding carboxylic acids is 1. The van der Waals surface area contributed by atoms with Crippen molar-refractivity contribution in [2.75, 3.05) is 0 Å². The maximum absolute atomic E-state index is 12.4. The molecule has 1 amide bonds. The van der Waals surface area contributed by atoms with Crippen LogP contribution in [0.15, 0.2) is 16.9 Å². The molecule has 1 heterocycles. The van der Waals surface area contributed by atoms with Crippen LogP contribution >= 0.6 is 0 Å². The van der Waals surface area contributed by atoms with Gasteiger partial charge in [0, 0.05) is 18.7 Å². The van der Waals surface area contributed by atoms with E-state index >= 15 is 0 Å². The highest BCUT2D eigenvalue weighted by atomic mass is 16.2. The van der Waals surface area contributed by atoms with Crippen molar-refractivity contribution < 1.29 is 4.79 Å². The predicted molar refractivity (Wildman–Crippen MR) is 84.7 cm³/mol. The molecular formula is C17H25N3O2. The van der Waals surface area contributed by atoms with Crippen LogP contribution in [-0.4, -0.2) is 21.7 Å². The lowest BCUT2D eigenvalue weighted by atomic mass is 9.84. The van der Waals surface area contributed by atoms with Gasteiger partial charge in [0.15, 0.2) is 0 Å². The second-order valence-corrected chi connectivity index (χ2v) is 6.88. The molecule has 0 saturated heterocycles. The molecular weight excluding hydrogens is 278 g/mol. The minimum Gasteiger partial charge on any atom is -0.348 e. The van der Waals surface area contributed by atoms with Gasteiger partial charge in [-0.05, 0) is 56.4 Å². The third-order valence-corrected chi connectivity index (χ3v) is 5.33. The first kappa shape index (κ1) is 15.3. The van der Waals surface area contributed by atoms with E-state index in [-0.39, 0.29) is 17.5 Å². The van der Waals surface area contributed by atoms with E-state index in [1.807, 2.05) is 6.92 Å². The third kappa shape index (κ3) is 2.94. The number of rotatable bonds is 5. The summed E-state index contributed by atoms with van der Waals surface area (Å²) in [5.74, 6) is 2.09. The highest BCUT2D eigenvalue weighted by Gasteiger charge is 2.42. The Bertz CT molecular complexity index is 610. The second-order valence-electron chi connectivity index (χ2n) is 6.88. The predicted octanol–water partition coefficient (Wildman–Crippen LogP) is 2.21. The van der Waals surface area contributed by atoms with Crippen LogP contribution < -0.4 is 10.9 Å². The zero-order valence-corrected chi connectivity index (χ0v) is 13.4. The molecule has 2 bridgehead atoms. The molecule has 5 heteroatoms. The van der Waals surface area contributed by atoms with Crippen molar-refractivity contribution in [1.82, 2.24) is 15.1 Å². The van der Waals surface area contributed by atoms with Gasteiger partial charge in [0.2, 0.25) is 0 Å². The van der Waals surface area contributed by atoms with E-state index in [2.05, 4.69) is 17.3 Å². The van der Waals surface area contributed by atoms with Crippen LogP contribution in [0.1, 0.15) is 56.4 Å². The Morgan fingerprint density at radius 1 is 1.41 bits per heavy atom. The highest BCUT2D eigenvalue weighted by molar-refractivity contribution is 5.92. The molecule has 2 saturated carbocycles. The monoisotopic (exact) mass is 303 g/mol. The molecule has 0 aromatic carbocycles. The first-order valence-corrected chi connectivity index (χ1v) is 8.47. The molecule has 0 radical (unpaired) electrons. The standard InChI is InChI=1S/C17H25N3O2/c1-3-8-20-16(21)7-6-15(19-20)17(22)18-11(2)14-10-12-4-5-13(14)9-12/h6-7,11-14H,3-5,8-10H2,1-2H3,(H,18,22)/t11-,12-,13-,14-/m0/s1. The summed E-state index contributed by atoms with van der Waals surface area (Å²) in [5, 5.41) is 7.28. The van der Waals surface area contributed by atoms with Gasteiger partial charge in [-0.1, -0.05) is 13.3 Å². The molecule has 120 valence electrons. The Morgan fingerprint density at radius 2 is 2.23 bits per heavy atom. The van der Waals surface area contributed by atoms with Crippen LogP contribution in [0.2, 0.25) is 0 Å². The summed E-state index contributed by atoms with van der Waals surface area (Å²) in [6, 6.07) is 3.13. The van der Waals surface area contributed by atoms with Crippen LogP contribution in [0.5, 0.6) is 0 Å². The molecule has 0 unspecified atom stereocenters. The van der Waals surface area contributed by atoms with Gasteiger partial charge >= 0.3 is 0 Å². The average molecular weight is 303 g/mol. The van der Waals surface area contributed by atoms with Crippen molar-refractivity contribution in [3.8, 4) is 0 Å². The molecule has 2 aliphatic rings. The molecule has 1 aromatic rings. The summed E-state index contributed by atoms with van der Waals surface area (Å²) < 4.78 is 1.37. The van der Waals surface area contributed by atoms with Gasteiger partial charge in [-0.3, -0.25) is 9.59 Å². The highest BCUT2D eigenvalue weighted by Crippen LogP contribution is 2.49. The number of fused-ring (bicyclic) bond motifs is 2. The maximum atomic E-state index is 12.4. The lowest BCUT2D eigenvalue weighted by molar-refractivity contribution is 0.0907. The normalized spacial score (nSPS) is 27.8. The second kappa shape index (κ2) is 6.23. The smallest absolute Gasteiger partial charge is 0.271 e. The number of hydrogen-bond donors (Lipinski definition) is 1. The fourth-order valence-corrected chi connectivity index (χ4v) is 4.24. The fraction of sp³-hybridized carbons (Fsp3) is 0.706. The zero-order valence-electron chi connectivity index (χ0n) is 13.4. The molecule has 2 fully saturated rings. The summed E-state index contributed by atoms with van der Waals surface area (Å²) >= 11 is 0. The molecule has 2 aliphatic carbocycles. The first-order chi connectivity index (χ1) is 10.6. The Labute approximate surface area is 131 Å². The molecule has 22 heavy (non-hydrogen) atoms. The summed E-state index contributed by atoms with van der Waals surface area (Å²) in [6.45, 7) is 4.63. The molecule has 0 spiro atoms. The molecule has 5 nitrogen and oxygen atoms in total. The average Bonchev–Trinajstić information content (AvgIpc) is 3.12. The van der Waals surface area contributed by atoms with Gasteiger partial charge in [0.1, 0.15) is 5.69 Å². The molecule has 3 rings (SSSR count). The summed E-state index contributed by atoms with van der Waals surface area (Å²) in [4.78, 5) is 24.1. The number of nitrogens with zero attached hydrogens (tertiary/aromatic N) is 2. The van der Waals surface area contributed by atoms with Crippen molar-refractivity contribution in [1.29, 1.82) is 0 Å². The minimum atomic E-state index is -0.167. The van der Waals surface area contributed by atoms with Crippen molar-refractivity contribution in [2.24, 2.45) is 17.8 Å². The van der Waals surface area contributed by atoms with Crippen LogP contribution in [0.3, 0.4) is 0 Å². The number of hydrogen-bond acceptors (Lipinski definition) is 3. The van der Waals surface area contributed by atoms with Crippen molar-refractivity contribution in [3.63, 3.8) is 0 Å². The lowest BCUT2D eigenvalue weighted by Crippen LogP contribution is -2.41. The Hall–Kier alpha value is -1.65. The van der Waals surface area contributed by atoms with Crippen LogP contribution in [0, 0.1) is 17.8 Å². The number of amides is 1. The van der Waals surface area contributed by atoms with Gasteiger partial charge in [-0.25, -0.2) is 4.68 Å². The van der Waals surface area contributed by atoms with Crippen molar-refractivity contribution in [3.05, 3.63) is 28.2 Å². The number of aryl methyl sites for hydroxylation is 1. The van der Waals surface area contributed by atoms with E-state index in [0.717, 1.165) is 18.3 Å². The van der Waals surface area contributed by atoms with E-state index in [1.165, 1.54) is 42.5 Å². The van der Waals surface area contributed by atoms with Gasteiger partial charge in [0.25, 0.3) is 11.5 Å². The topological polar surface area (TPSA) is 64.0 Å². The number of carbonyl (C=O) groups is 1. The Morgan fingerprint density at radius 3 is 2.86 bits per heavy atom. The number of aromatic nitrogens is 2. The summed E-state index contributed by atoms with van der Waals surface area (Å²) in [7, 11) is 0. The van der Waals surface area contributed by atoms with Crippen molar-refractivity contribution >= 4 is 5.91 Å². The van der Waals surface area contributed by atoms with Gasteiger partial charge in [0.05, 0.1) is 0 Å². The Kier molecular flexibility index (Phi) is 4.32. The SMILES string of the molecule is CCCn1nc(C(=O)N[C@@H](C)[C@@H]2C[C@H]3CC[C@H]2C3)ccc1=O. The van der Waals surface area contributed by atoms with Gasteiger partial charge in [-0.15, -0.1) is 0 Å². The minimum absolute atomic E-state index is 0.153. The van der Waals surface area contributed by atoms with E-state index in [0.29, 0.717) is 18.2 Å². The first-order valence-electron chi connectivity index (χ1n) is 8.47. The van der Waals surface area contributed by atoms with Gasteiger partial charge in [-0.2, -0.15) is 5.10 Å². The summed E-state index contributed by atoms with van der Waals surface area (Å²) in [5.41, 5.74) is 0.183. The fourth-order valence-electron chi connectivity index (χ4n) is 4.24. The molecule has 0 aliphatic heterocycles. The van der Waals surface area contributed by atoms with Crippen LogP contribution in [0.25, 0.3) is 0 Å². The van der Waals surface area contributed by atoms with E-state index in [4.69, 9.17) is 0 Å². The summed E-state index contributed by atoms with van der Waals surface area (Å²) in [6.07, 6.45) is 6.08. The maximum Gasteiger partial charge on any atom is 0.271 e. The number of nitrogens with one attached hydrogen (secondary N) is 1. The molecule has 1 aromatic heterocycles. The Balaban J connectivity index is 1.66. The zero-order chi connectivity index (χ0) is 15.7. The van der Waals surface area contributed by atoms with Crippen LogP contribution in [0.4, 0.5) is 0 Å². The van der Waals surface area contributed by atoms with Gasteiger partial charge < -0.3 is 5.32 Å². The van der Waals surface area contributed by atoms with E-state index < -0.39 is 0 Å². The quantitative estimate of drug-likeness (QED) is 0.907. The largest absolute Gasteiger partial charge is 0.348 e. The van der Waals surface area contributed by atoms with E-state index in [1.54, 1.807) is 0 Å².